The molecule has 0 fully saturated rings. The predicted molar refractivity (Wildman–Crippen MR) is 86.8 cm³/mol. The summed E-state index contributed by atoms with van der Waals surface area (Å²) in [6, 6.07) is 15.5. The van der Waals surface area contributed by atoms with Gasteiger partial charge in [0.15, 0.2) is 0 Å². The highest BCUT2D eigenvalue weighted by Crippen LogP contribution is 2.29. The molecule has 20 heavy (non-hydrogen) atoms. The molecule has 2 rings (SSSR count). The fourth-order valence-corrected chi connectivity index (χ4v) is 2.67. The highest BCUT2D eigenvalue weighted by molar-refractivity contribution is 9.10. The van der Waals surface area contributed by atoms with Crippen LogP contribution < -0.4 is 5.73 Å². The quantitative estimate of drug-likeness (QED) is 0.844. The molecule has 2 aromatic rings. The molecule has 4 heteroatoms. The number of hydrogen-bond donors (Lipinski definition) is 1. The largest absolute Gasteiger partial charge is 0.367 e. The normalized spacial score (nSPS) is 14.0. The maximum atomic E-state index is 6.23. The molecule has 2 aromatic carbocycles. The number of rotatable bonds is 5. The third kappa shape index (κ3) is 3.83. The van der Waals surface area contributed by atoms with Gasteiger partial charge in [-0.1, -0.05) is 63.9 Å². The lowest BCUT2D eigenvalue weighted by molar-refractivity contribution is 0.0257. The van der Waals surface area contributed by atoms with Crippen molar-refractivity contribution < 1.29 is 4.74 Å². The monoisotopic (exact) mass is 353 g/mol. The molecule has 2 unspecified atom stereocenters. The molecule has 0 radical (unpaired) electrons. The minimum atomic E-state index is -0.226. The van der Waals surface area contributed by atoms with Gasteiger partial charge in [0.05, 0.1) is 12.7 Å². The van der Waals surface area contributed by atoms with Crippen LogP contribution in [-0.2, 0) is 11.3 Å². The van der Waals surface area contributed by atoms with Crippen molar-refractivity contribution >= 4 is 27.5 Å². The maximum absolute atomic E-state index is 6.23. The average molecular weight is 355 g/mol. The molecule has 0 amide bonds. The van der Waals surface area contributed by atoms with E-state index >= 15 is 0 Å². The molecule has 0 aliphatic rings. The first-order chi connectivity index (χ1) is 9.59. The minimum Gasteiger partial charge on any atom is -0.367 e. The summed E-state index contributed by atoms with van der Waals surface area (Å²) in [6.45, 7) is 2.41. The highest BCUT2D eigenvalue weighted by atomic mass is 79.9. The molecule has 2 N–H and O–H groups in total. The molecular formula is C16H17BrClNO. The van der Waals surface area contributed by atoms with Crippen molar-refractivity contribution in [2.75, 3.05) is 0 Å². The van der Waals surface area contributed by atoms with Crippen LogP contribution in [-0.4, -0.2) is 6.04 Å². The Morgan fingerprint density at radius 1 is 1.15 bits per heavy atom. The smallest absolute Gasteiger partial charge is 0.0991 e. The van der Waals surface area contributed by atoms with E-state index in [0.29, 0.717) is 11.6 Å². The van der Waals surface area contributed by atoms with Gasteiger partial charge in [0.2, 0.25) is 0 Å². The molecule has 106 valence electrons. The van der Waals surface area contributed by atoms with Crippen molar-refractivity contribution in [2.24, 2.45) is 5.73 Å². The van der Waals surface area contributed by atoms with Gasteiger partial charge < -0.3 is 10.5 Å². The van der Waals surface area contributed by atoms with E-state index in [2.05, 4.69) is 15.9 Å². The third-order valence-electron chi connectivity index (χ3n) is 3.07. The standard InChI is InChI=1S/C16H17BrClNO/c1-11(19)16(13-7-3-5-9-15(13)18)20-10-12-6-2-4-8-14(12)17/h2-9,11,16H,10,19H2,1H3. The van der Waals surface area contributed by atoms with E-state index in [1.54, 1.807) is 0 Å². The fraction of sp³-hybridized carbons (Fsp3) is 0.250. The van der Waals surface area contributed by atoms with E-state index in [-0.39, 0.29) is 12.1 Å². The van der Waals surface area contributed by atoms with Crippen LogP contribution in [0.5, 0.6) is 0 Å². The topological polar surface area (TPSA) is 35.2 Å². The Hall–Kier alpha value is -0.870. The van der Waals surface area contributed by atoms with Crippen LogP contribution in [0.15, 0.2) is 53.0 Å². The summed E-state index contributed by atoms with van der Waals surface area (Å²) >= 11 is 9.75. The number of nitrogens with two attached hydrogens (primary N) is 1. The summed E-state index contributed by atoms with van der Waals surface area (Å²) in [5.74, 6) is 0. The van der Waals surface area contributed by atoms with Gasteiger partial charge >= 0.3 is 0 Å². The zero-order valence-electron chi connectivity index (χ0n) is 11.2. The number of halogens is 2. The van der Waals surface area contributed by atoms with Gasteiger partial charge in [-0.2, -0.15) is 0 Å². The van der Waals surface area contributed by atoms with E-state index in [4.69, 9.17) is 22.1 Å². The number of ether oxygens (including phenoxy) is 1. The fourth-order valence-electron chi connectivity index (χ4n) is 2.03. The lowest BCUT2D eigenvalue weighted by atomic mass is 10.0. The molecule has 0 spiro atoms. The van der Waals surface area contributed by atoms with E-state index in [9.17, 15) is 0 Å². The molecule has 0 aromatic heterocycles. The van der Waals surface area contributed by atoms with Crippen LogP contribution in [0.3, 0.4) is 0 Å². The Morgan fingerprint density at radius 2 is 1.80 bits per heavy atom. The zero-order valence-corrected chi connectivity index (χ0v) is 13.6. The maximum Gasteiger partial charge on any atom is 0.0991 e. The molecule has 2 atom stereocenters. The van der Waals surface area contributed by atoms with Crippen LogP contribution in [0.4, 0.5) is 0 Å². The van der Waals surface area contributed by atoms with Crippen LogP contribution in [0.2, 0.25) is 5.02 Å². The predicted octanol–water partition coefficient (Wildman–Crippen LogP) is 4.71. The molecule has 0 heterocycles. The molecule has 0 aliphatic heterocycles. The van der Waals surface area contributed by atoms with Gasteiger partial charge in [-0.15, -0.1) is 0 Å². The van der Waals surface area contributed by atoms with Gasteiger partial charge in [0.1, 0.15) is 0 Å². The number of benzene rings is 2. The van der Waals surface area contributed by atoms with Gasteiger partial charge in [0.25, 0.3) is 0 Å². The first kappa shape index (κ1) is 15.5. The molecule has 2 nitrogen and oxygen atoms in total. The Morgan fingerprint density at radius 3 is 2.45 bits per heavy atom. The van der Waals surface area contributed by atoms with Gasteiger partial charge in [-0.25, -0.2) is 0 Å². The van der Waals surface area contributed by atoms with Crippen LogP contribution >= 0.6 is 27.5 Å². The summed E-state index contributed by atoms with van der Waals surface area (Å²) < 4.78 is 7.03. The van der Waals surface area contributed by atoms with Crippen molar-refractivity contribution in [1.82, 2.24) is 0 Å². The summed E-state index contributed by atoms with van der Waals surface area (Å²) in [5, 5.41) is 0.682. The lowest BCUT2D eigenvalue weighted by Crippen LogP contribution is -2.27. The lowest BCUT2D eigenvalue weighted by Gasteiger charge is -2.23. The summed E-state index contributed by atoms with van der Waals surface area (Å²) in [6.07, 6.45) is -0.226. The van der Waals surface area contributed by atoms with Gasteiger partial charge in [-0.05, 0) is 24.6 Å². The second kappa shape index (κ2) is 7.23. The molecule has 0 saturated heterocycles. The second-order valence-corrected chi connectivity index (χ2v) is 5.97. The average Bonchev–Trinajstić information content (AvgIpc) is 2.42. The van der Waals surface area contributed by atoms with Gasteiger partial charge in [0, 0.05) is 21.1 Å². The second-order valence-electron chi connectivity index (χ2n) is 4.70. The summed E-state index contributed by atoms with van der Waals surface area (Å²) in [7, 11) is 0. The first-order valence-electron chi connectivity index (χ1n) is 6.44. The van der Waals surface area contributed by atoms with E-state index < -0.39 is 0 Å². The Labute approximate surface area is 133 Å². The van der Waals surface area contributed by atoms with Crippen molar-refractivity contribution in [3.8, 4) is 0 Å². The van der Waals surface area contributed by atoms with Gasteiger partial charge in [-0.3, -0.25) is 0 Å². The molecule has 0 aliphatic carbocycles. The Bertz CT molecular complexity index is 574. The van der Waals surface area contributed by atoms with E-state index in [0.717, 1.165) is 15.6 Å². The van der Waals surface area contributed by atoms with Crippen molar-refractivity contribution in [2.45, 2.75) is 25.7 Å². The van der Waals surface area contributed by atoms with Crippen LogP contribution in [0, 0.1) is 0 Å². The molecular weight excluding hydrogens is 338 g/mol. The summed E-state index contributed by atoms with van der Waals surface area (Å²) in [5.41, 5.74) is 8.06. The minimum absolute atomic E-state index is 0.141. The SMILES string of the molecule is CC(N)C(OCc1ccccc1Br)c1ccccc1Cl. The Kier molecular flexibility index (Phi) is 5.61. The van der Waals surface area contributed by atoms with Crippen molar-refractivity contribution in [3.63, 3.8) is 0 Å². The third-order valence-corrected chi connectivity index (χ3v) is 4.18. The van der Waals surface area contributed by atoms with E-state index in [1.165, 1.54) is 0 Å². The number of hydrogen-bond acceptors (Lipinski definition) is 2. The van der Waals surface area contributed by atoms with Crippen LogP contribution in [0.1, 0.15) is 24.2 Å². The summed E-state index contributed by atoms with van der Waals surface area (Å²) in [4.78, 5) is 0. The Balaban J connectivity index is 2.15. The van der Waals surface area contributed by atoms with E-state index in [1.807, 2.05) is 55.5 Å². The highest BCUT2D eigenvalue weighted by Gasteiger charge is 2.19. The molecule has 0 bridgehead atoms. The molecule has 0 saturated carbocycles. The van der Waals surface area contributed by atoms with Crippen molar-refractivity contribution in [1.29, 1.82) is 0 Å². The zero-order chi connectivity index (χ0) is 14.5. The van der Waals surface area contributed by atoms with Crippen LogP contribution in [0.25, 0.3) is 0 Å². The first-order valence-corrected chi connectivity index (χ1v) is 7.61. The van der Waals surface area contributed by atoms with Crippen molar-refractivity contribution in [3.05, 3.63) is 69.2 Å².